The molecule has 0 spiro atoms. The predicted octanol–water partition coefficient (Wildman–Crippen LogP) is 4.41. The summed E-state index contributed by atoms with van der Waals surface area (Å²) in [6, 6.07) is 1.32. The van der Waals surface area contributed by atoms with E-state index < -0.39 is 59.2 Å². The summed E-state index contributed by atoms with van der Waals surface area (Å²) in [5.41, 5.74) is 1.58. The van der Waals surface area contributed by atoms with Crippen molar-refractivity contribution in [3.05, 3.63) is 22.7 Å². The predicted molar refractivity (Wildman–Crippen MR) is 139 cm³/mol. The van der Waals surface area contributed by atoms with Crippen LogP contribution >= 0.6 is 11.6 Å². The van der Waals surface area contributed by atoms with Crippen LogP contribution in [0.5, 0.6) is 0 Å². The highest BCUT2D eigenvalue weighted by Crippen LogP contribution is 2.43. The van der Waals surface area contributed by atoms with Gasteiger partial charge in [-0.2, -0.15) is 4.98 Å². The van der Waals surface area contributed by atoms with Gasteiger partial charge in [0.05, 0.1) is 17.7 Å². The molecule has 0 radical (unpaired) electrons. The lowest BCUT2D eigenvalue weighted by Crippen LogP contribution is -2.51. The SMILES string of the molecule is CCC(C)(C)CC(C)(C)C(=O)OCC1(CCl)OC(n2ccc(N)nc2=O)C(F)C1OC(=O)CC(C)(C)C. The maximum Gasteiger partial charge on any atom is 0.351 e. The van der Waals surface area contributed by atoms with E-state index >= 15 is 4.39 Å². The highest BCUT2D eigenvalue weighted by molar-refractivity contribution is 6.18. The summed E-state index contributed by atoms with van der Waals surface area (Å²) in [5, 5.41) is 0. The topological polar surface area (TPSA) is 123 Å². The largest absolute Gasteiger partial charge is 0.462 e. The van der Waals surface area contributed by atoms with Crippen molar-refractivity contribution in [1.82, 2.24) is 9.55 Å². The van der Waals surface area contributed by atoms with Crippen molar-refractivity contribution in [3.8, 4) is 0 Å². The first-order valence-corrected chi connectivity index (χ1v) is 13.0. The third kappa shape index (κ3) is 7.66. The van der Waals surface area contributed by atoms with Crippen LogP contribution in [0.25, 0.3) is 0 Å². The van der Waals surface area contributed by atoms with Crippen LogP contribution in [0, 0.1) is 16.2 Å². The smallest absolute Gasteiger partial charge is 0.351 e. The molecule has 1 aromatic heterocycles. The number of nitrogens with zero attached hydrogens (tertiary/aromatic N) is 2. The van der Waals surface area contributed by atoms with Gasteiger partial charge in [0, 0.05) is 6.20 Å². The van der Waals surface area contributed by atoms with Crippen molar-refractivity contribution >= 4 is 29.4 Å². The summed E-state index contributed by atoms with van der Waals surface area (Å²) in [7, 11) is 0. The average molecular weight is 546 g/mol. The van der Waals surface area contributed by atoms with Crippen molar-refractivity contribution in [2.45, 2.75) is 98.8 Å². The van der Waals surface area contributed by atoms with Gasteiger partial charge < -0.3 is 19.9 Å². The first-order valence-electron chi connectivity index (χ1n) is 12.5. The van der Waals surface area contributed by atoms with Crippen molar-refractivity contribution in [2.24, 2.45) is 16.2 Å². The highest BCUT2D eigenvalue weighted by atomic mass is 35.5. The molecule has 1 aromatic rings. The number of anilines is 1. The number of nitrogen functional groups attached to an aromatic ring is 1. The lowest BCUT2D eigenvalue weighted by Gasteiger charge is -2.35. The van der Waals surface area contributed by atoms with Crippen LogP contribution in [0.1, 0.15) is 80.9 Å². The van der Waals surface area contributed by atoms with E-state index in [4.69, 9.17) is 31.5 Å². The van der Waals surface area contributed by atoms with Gasteiger partial charge in [-0.05, 0) is 37.2 Å². The maximum atomic E-state index is 15.9. The van der Waals surface area contributed by atoms with E-state index in [2.05, 4.69) is 18.8 Å². The van der Waals surface area contributed by atoms with Gasteiger partial charge in [0.25, 0.3) is 0 Å². The molecule has 9 nitrogen and oxygen atoms in total. The van der Waals surface area contributed by atoms with Crippen LogP contribution in [0.4, 0.5) is 10.2 Å². The molecule has 4 atom stereocenters. The number of halogens is 2. The van der Waals surface area contributed by atoms with Crippen LogP contribution in [-0.2, 0) is 23.8 Å². The van der Waals surface area contributed by atoms with Crippen LogP contribution < -0.4 is 11.4 Å². The van der Waals surface area contributed by atoms with Crippen molar-refractivity contribution in [1.29, 1.82) is 0 Å². The first-order chi connectivity index (χ1) is 16.9. The molecule has 1 fully saturated rings. The van der Waals surface area contributed by atoms with Crippen molar-refractivity contribution in [2.75, 3.05) is 18.2 Å². The van der Waals surface area contributed by atoms with E-state index in [1.54, 1.807) is 13.8 Å². The number of nitrogens with two attached hydrogens (primary N) is 1. The summed E-state index contributed by atoms with van der Waals surface area (Å²) in [6.45, 7) is 14.7. The Labute approximate surface area is 223 Å². The number of hydrogen-bond acceptors (Lipinski definition) is 8. The fourth-order valence-corrected chi connectivity index (χ4v) is 4.76. The summed E-state index contributed by atoms with van der Waals surface area (Å²) < 4.78 is 34.0. The number of rotatable bonds is 10. The maximum absolute atomic E-state index is 15.9. The monoisotopic (exact) mass is 545 g/mol. The van der Waals surface area contributed by atoms with Gasteiger partial charge in [-0.15, -0.1) is 11.6 Å². The molecule has 11 heteroatoms. The molecule has 0 aliphatic carbocycles. The number of carbonyl (C=O) groups excluding carboxylic acids is 2. The molecule has 0 saturated carbocycles. The standard InChI is InChI=1S/C26H41ClFN3O6/c1-9-24(5,6)13-25(7,8)21(33)35-15-26(14-27)19(36-17(32)12-23(2,3)4)18(28)20(37-26)31-11-10-16(29)30-22(31)34/h10-11,18-20H,9,12-15H2,1-8H3,(H2,29,30,34). The Morgan fingerprint density at radius 2 is 1.86 bits per heavy atom. The highest BCUT2D eigenvalue weighted by Gasteiger charge is 2.60. The Balaban J connectivity index is 2.39. The molecule has 1 saturated heterocycles. The van der Waals surface area contributed by atoms with Crippen LogP contribution in [0.15, 0.2) is 17.1 Å². The average Bonchev–Trinajstić information content (AvgIpc) is 3.02. The number of hydrogen-bond donors (Lipinski definition) is 1. The van der Waals surface area contributed by atoms with Crippen molar-refractivity contribution < 1.29 is 28.2 Å². The second-order valence-corrected chi connectivity index (χ2v) is 12.8. The van der Waals surface area contributed by atoms with Gasteiger partial charge in [-0.25, -0.2) is 9.18 Å². The summed E-state index contributed by atoms with van der Waals surface area (Å²) >= 11 is 6.29. The molecule has 37 heavy (non-hydrogen) atoms. The number of esters is 2. The molecule has 2 N–H and O–H groups in total. The van der Waals surface area contributed by atoms with Crippen LogP contribution in [0.3, 0.4) is 0 Å². The zero-order chi connectivity index (χ0) is 28.4. The van der Waals surface area contributed by atoms with Gasteiger partial charge >= 0.3 is 17.6 Å². The molecule has 1 aliphatic rings. The normalized spacial score (nSPS) is 24.6. The van der Waals surface area contributed by atoms with Gasteiger partial charge in [-0.1, -0.05) is 48.0 Å². The van der Waals surface area contributed by atoms with Crippen molar-refractivity contribution in [3.63, 3.8) is 0 Å². The minimum atomic E-state index is -2.00. The molecule has 4 unspecified atom stereocenters. The van der Waals surface area contributed by atoms with E-state index in [-0.39, 0.29) is 23.5 Å². The number of alkyl halides is 2. The summed E-state index contributed by atoms with van der Waals surface area (Å²) in [4.78, 5) is 41.9. The van der Waals surface area contributed by atoms with Gasteiger partial charge in [0.2, 0.25) is 0 Å². The lowest BCUT2D eigenvalue weighted by atomic mass is 9.74. The summed E-state index contributed by atoms with van der Waals surface area (Å²) in [5.74, 6) is -1.61. The zero-order valence-electron chi connectivity index (χ0n) is 23.1. The molecule has 0 bridgehead atoms. The molecular formula is C26H41ClFN3O6. The minimum absolute atomic E-state index is 0.00153. The molecule has 210 valence electrons. The van der Waals surface area contributed by atoms with Crippen LogP contribution in [-0.4, -0.2) is 51.9 Å². The Kier molecular flexibility index (Phi) is 9.45. The second kappa shape index (κ2) is 11.3. The Morgan fingerprint density at radius 1 is 1.24 bits per heavy atom. The number of aromatic nitrogens is 2. The van der Waals surface area contributed by atoms with Gasteiger partial charge in [-0.3, -0.25) is 14.2 Å². The molecule has 0 amide bonds. The van der Waals surface area contributed by atoms with E-state index in [0.717, 1.165) is 11.0 Å². The minimum Gasteiger partial charge on any atom is -0.462 e. The summed E-state index contributed by atoms with van der Waals surface area (Å²) in [6.07, 6.45) is -2.43. The molecule has 2 heterocycles. The fraction of sp³-hybridized carbons (Fsp3) is 0.769. The van der Waals surface area contributed by atoms with Gasteiger partial charge in [0.1, 0.15) is 12.4 Å². The number of ether oxygens (including phenoxy) is 3. The van der Waals surface area contributed by atoms with E-state index in [1.165, 1.54) is 12.3 Å². The number of carbonyl (C=O) groups is 2. The van der Waals surface area contributed by atoms with E-state index in [1.807, 2.05) is 27.7 Å². The van der Waals surface area contributed by atoms with Crippen LogP contribution in [0.2, 0.25) is 0 Å². The molecule has 0 aromatic carbocycles. The third-order valence-electron chi connectivity index (χ3n) is 6.60. The Morgan fingerprint density at radius 3 is 2.38 bits per heavy atom. The molecular weight excluding hydrogens is 505 g/mol. The second-order valence-electron chi connectivity index (χ2n) is 12.5. The third-order valence-corrected chi connectivity index (χ3v) is 7.05. The quantitative estimate of drug-likeness (QED) is 0.339. The lowest BCUT2D eigenvalue weighted by molar-refractivity contribution is -0.180. The Bertz CT molecular complexity index is 1040. The first kappa shape index (κ1) is 31.0. The Hall–Kier alpha value is -2.20. The molecule has 2 rings (SSSR count). The van der Waals surface area contributed by atoms with E-state index in [0.29, 0.717) is 6.42 Å². The van der Waals surface area contributed by atoms with Gasteiger partial charge in [0.15, 0.2) is 24.1 Å². The zero-order valence-corrected chi connectivity index (χ0v) is 23.9. The fourth-order valence-electron chi connectivity index (χ4n) is 4.47. The molecule has 1 aliphatic heterocycles. The van der Waals surface area contributed by atoms with E-state index in [9.17, 15) is 14.4 Å².